The molecule has 1 aliphatic heterocycles. The van der Waals surface area contributed by atoms with Crippen molar-refractivity contribution in [2.24, 2.45) is 11.8 Å². The molecule has 0 spiro atoms. The van der Waals surface area contributed by atoms with Gasteiger partial charge in [0.25, 0.3) is 0 Å². The summed E-state index contributed by atoms with van der Waals surface area (Å²) in [4.78, 5) is 2.86. The maximum absolute atomic E-state index is 3.84. The summed E-state index contributed by atoms with van der Waals surface area (Å²) >= 11 is 0. The Kier molecular flexibility index (Phi) is 5.30. The van der Waals surface area contributed by atoms with Crippen molar-refractivity contribution in [3.63, 3.8) is 0 Å². The van der Waals surface area contributed by atoms with E-state index in [1.165, 1.54) is 58.2 Å². The molecule has 0 amide bonds. The number of piperazine rings is 1. The molecule has 2 fully saturated rings. The standard InChI is InChI=1S/C17H34N2/c1-5-17(6-2)13-18-16(10-14(3)4)12-19(17)11-15-8-7-9-15/h14-16,18H,5-13H2,1-4H3. The average Bonchev–Trinajstić information content (AvgIpc) is 2.34. The summed E-state index contributed by atoms with van der Waals surface area (Å²) in [6.07, 6.45) is 8.32. The summed E-state index contributed by atoms with van der Waals surface area (Å²) in [6.45, 7) is 13.3. The van der Waals surface area contributed by atoms with Crippen LogP contribution in [-0.4, -0.2) is 36.1 Å². The van der Waals surface area contributed by atoms with E-state index < -0.39 is 0 Å². The van der Waals surface area contributed by atoms with Crippen molar-refractivity contribution < 1.29 is 0 Å². The maximum Gasteiger partial charge on any atom is 0.0329 e. The lowest BCUT2D eigenvalue weighted by Crippen LogP contribution is -2.65. The van der Waals surface area contributed by atoms with Crippen LogP contribution in [0.1, 0.15) is 66.2 Å². The van der Waals surface area contributed by atoms with Gasteiger partial charge in [-0.05, 0) is 43.9 Å². The quantitative estimate of drug-likeness (QED) is 0.789. The first kappa shape index (κ1) is 15.3. The Hall–Kier alpha value is -0.0800. The Morgan fingerprint density at radius 1 is 1.21 bits per heavy atom. The van der Waals surface area contributed by atoms with Crippen molar-refractivity contribution >= 4 is 0 Å². The van der Waals surface area contributed by atoms with Crippen LogP contribution in [0.2, 0.25) is 0 Å². The van der Waals surface area contributed by atoms with Crippen LogP contribution in [0.15, 0.2) is 0 Å². The lowest BCUT2D eigenvalue weighted by Gasteiger charge is -2.52. The molecule has 1 heterocycles. The van der Waals surface area contributed by atoms with Gasteiger partial charge in [-0.1, -0.05) is 34.1 Å². The zero-order chi connectivity index (χ0) is 13.9. The van der Waals surface area contributed by atoms with Gasteiger partial charge in [0, 0.05) is 31.2 Å². The van der Waals surface area contributed by atoms with E-state index >= 15 is 0 Å². The number of nitrogens with one attached hydrogen (secondary N) is 1. The highest BCUT2D eigenvalue weighted by atomic mass is 15.3. The molecule has 19 heavy (non-hydrogen) atoms. The second-order valence-electron chi connectivity index (χ2n) is 7.34. The van der Waals surface area contributed by atoms with Crippen LogP contribution in [0.4, 0.5) is 0 Å². The molecule has 0 bridgehead atoms. The van der Waals surface area contributed by atoms with Gasteiger partial charge in [0.2, 0.25) is 0 Å². The van der Waals surface area contributed by atoms with Crippen molar-refractivity contribution in [1.82, 2.24) is 10.2 Å². The molecular formula is C17H34N2. The first-order valence-corrected chi connectivity index (χ1v) is 8.58. The van der Waals surface area contributed by atoms with E-state index in [4.69, 9.17) is 0 Å². The minimum absolute atomic E-state index is 0.434. The lowest BCUT2D eigenvalue weighted by atomic mass is 9.80. The van der Waals surface area contributed by atoms with Crippen LogP contribution in [0.3, 0.4) is 0 Å². The molecule has 112 valence electrons. The molecule has 2 heteroatoms. The van der Waals surface area contributed by atoms with E-state index in [2.05, 4.69) is 37.9 Å². The summed E-state index contributed by atoms with van der Waals surface area (Å²) in [5, 5.41) is 3.84. The zero-order valence-electron chi connectivity index (χ0n) is 13.5. The van der Waals surface area contributed by atoms with Crippen LogP contribution < -0.4 is 5.32 Å². The Morgan fingerprint density at radius 2 is 1.89 bits per heavy atom. The molecular weight excluding hydrogens is 232 g/mol. The number of hydrogen-bond acceptors (Lipinski definition) is 2. The minimum Gasteiger partial charge on any atom is -0.311 e. The first-order valence-electron chi connectivity index (χ1n) is 8.58. The van der Waals surface area contributed by atoms with E-state index in [-0.39, 0.29) is 0 Å². The molecule has 1 saturated carbocycles. The summed E-state index contributed by atoms with van der Waals surface area (Å²) in [5.74, 6) is 1.80. The van der Waals surface area contributed by atoms with Crippen LogP contribution in [0, 0.1) is 11.8 Å². The number of rotatable bonds is 6. The van der Waals surface area contributed by atoms with Crippen LogP contribution in [-0.2, 0) is 0 Å². The molecule has 0 aromatic rings. The van der Waals surface area contributed by atoms with Crippen molar-refractivity contribution in [2.45, 2.75) is 77.8 Å². The Labute approximate surface area is 120 Å². The molecule has 0 aromatic carbocycles. The fraction of sp³-hybridized carbons (Fsp3) is 1.00. The maximum atomic E-state index is 3.84. The highest BCUT2D eigenvalue weighted by Crippen LogP contribution is 2.34. The molecule has 0 radical (unpaired) electrons. The topological polar surface area (TPSA) is 15.3 Å². The summed E-state index contributed by atoms with van der Waals surface area (Å²) < 4.78 is 0. The molecule has 1 aliphatic carbocycles. The molecule has 1 unspecified atom stereocenters. The molecule has 1 N–H and O–H groups in total. The van der Waals surface area contributed by atoms with E-state index in [1.54, 1.807) is 0 Å². The van der Waals surface area contributed by atoms with Crippen LogP contribution in [0.25, 0.3) is 0 Å². The van der Waals surface area contributed by atoms with Gasteiger partial charge in [0.05, 0.1) is 0 Å². The van der Waals surface area contributed by atoms with Crippen molar-refractivity contribution in [3.05, 3.63) is 0 Å². The van der Waals surface area contributed by atoms with Gasteiger partial charge in [0.1, 0.15) is 0 Å². The van der Waals surface area contributed by atoms with E-state index in [1.807, 2.05) is 0 Å². The largest absolute Gasteiger partial charge is 0.311 e. The molecule has 0 aromatic heterocycles. The fourth-order valence-electron chi connectivity index (χ4n) is 3.90. The van der Waals surface area contributed by atoms with Crippen molar-refractivity contribution in [2.75, 3.05) is 19.6 Å². The predicted octanol–water partition coefficient (Wildman–Crippen LogP) is 3.67. The molecule has 1 atom stereocenters. The minimum atomic E-state index is 0.434. The van der Waals surface area contributed by atoms with Crippen LogP contribution in [0.5, 0.6) is 0 Å². The van der Waals surface area contributed by atoms with Gasteiger partial charge in [-0.2, -0.15) is 0 Å². The third-order valence-corrected chi connectivity index (χ3v) is 5.61. The normalized spacial score (nSPS) is 28.6. The van der Waals surface area contributed by atoms with Gasteiger partial charge >= 0.3 is 0 Å². The number of hydrogen-bond donors (Lipinski definition) is 1. The smallest absolute Gasteiger partial charge is 0.0329 e. The predicted molar refractivity (Wildman–Crippen MR) is 83.5 cm³/mol. The summed E-state index contributed by atoms with van der Waals surface area (Å²) in [7, 11) is 0. The zero-order valence-corrected chi connectivity index (χ0v) is 13.5. The molecule has 2 aliphatic rings. The summed E-state index contributed by atoms with van der Waals surface area (Å²) in [5.41, 5.74) is 0.434. The van der Waals surface area contributed by atoms with E-state index in [9.17, 15) is 0 Å². The Morgan fingerprint density at radius 3 is 2.37 bits per heavy atom. The van der Waals surface area contributed by atoms with Crippen molar-refractivity contribution in [1.29, 1.82) is 0 Å². The highest BCUT2D eigenvalue weighted by molar-refractivity contribution is 4.98. The lowest BCUT2D eigenvalue weighted by molar-refractivity contribution is 0.00495. The van der Waals surface area contributed by atoms with E-state index in [0.29, 0.717) is 11.6 Å². The Balaban J connectivity index is 1.99. The number of nitrogens with zero attached hydrogens (tertiary/aromatic N) is 1. The second-order valence-corrected chi connectivity index (χ2v) is 7.34. The average molecular weight is 266 g/mol. The van der Waals surface area contributed by atoms with Crippen LogP contribution >= 0.6 is 0 Å². The molecule has 2 rings (SSSR count). The Bertz CT molecular complexity index is 266. The fourth-order valence-corrected chi connectivity index (χ4v) is 3.90. The third-order valence-electron chi connectivity index (χ3n) is 5.61. The van der Waals surface area contributed by atoms with E-state index in [0.717, 1.165) is 11.8 Å². The molecule has 2 nitrogen and oxygen atoms in total. The molecule has 1 saturated heterocycles. The van der Waals surface area contributed by atoms with Crippen molar-refractivity contribution in [3.8, 4) is 0 Å². The highest BCUT2D eigenvalue weighted by Gasteiger charge is 2.40. The SMILES string of the molecule is CCC1(CC)CNC(CC(C)C)CN1CC1CCC1. The van der Waals surface area contributed by atoms with Gasteiger partial charge in [-0.15, -0.1) is 0 Å². The second kappa shape index (κ2) is 6.58. The first-order chi connectivity index (χ1) is 9.09. The van der Waals surface area contributed by atoms with Gasteiger partial charge in [-0.3, -0.25) is 4.90 Å². The van der Waals surface area contributed by atoms with Gasteiger partial charge in [0.15, 0.2) is 0 Å². The van der Waals surface area contributed by atoms with Gasteiger partial charge in [-0.25, -0.2) is 0 Å². The third kappa shape index (κ3) is 3.52. The monoisotopic (exact) mass is 266 g/mol. The summed E-state index contributed by atoms with van der Waals surface area (Å²) in [6, 6.07) is 0.714. The van der Waals surface area contributed by atoms with Gasteiger partial charge < -0.3 is 5.32 Å².